The van der Waals surface area contributed by atoms with E-state index < -0.39 is 41.0 Å². The van der Waals surface area contributed by atoms with Gasteiger partial charge < -0.3 is 5.32 Å². The molecule has 0 saturated heterocycles. The van der Waals surface area contributed by atoms with Crippen molar-refractivity contribution < 1.29 is 18.0 Å². The smallest absolute Gasteiger partial charge is 0.320 e. The van der Waals surface area contributed by atoms with Crippen molar-refractivity contribution >= 4 is 5.91 Å². The monoisotopic (exact) mass is 403 g/mol. The molecule has 6 nitrogen and oxygen atoms in total. The first-order chi connectivity index (χ1) is 13.8. The molecule has 1 N–H and O–H groups in total. The van der Waals surface area contributed by atoms with Crippen LogP contribution in [0.1, 0.15) is 11.1 Å². The Hall–Kier alpha value is -3.62. The topological polar surface area (TPSA) is 73.1 Å². The van der Waals surface area contributed by atoms with Gasteiger partial charge in [-0.2, -0.15) is 0 Å². The highest BCUT2D eigenvalue weighted by Gasteiger charge is 2.12. The van der Waals surface area contributed by atoms with Gasteiger partial charge in [-0.15, -0.1) is 0 Å². The predicted molar refractivity (Wildman–Crippen MR) is 99.2 cm³/mol. The minimum absolute atomic E-state index is 0.0732. The third-order valence-electron chi connectivity index (χ3n) is 4.29. The van der Waals surface area contributed by atoms with Crippen LogP contribution in [0.25, 0.3) is 5.69 Å². The number of hydrogen-bond donors (Lipinski definition) is 1. The Morgan fingerprint density at radius 1 is 0.966 bits per heavy atom. The highest BCUT2D eigenvalue weighted by molar-refractivity contribution is 5.75. The minimum atomic E-state index is -0.973. The van der Waals surface area contributed by atoms with Crippen LogP contribution in [0.5, 0.6) is 0 Å². The molecule has 0 fully saturated rings. The number of hydrogen-bond acceptors (Lipinski definition) is 3. The van der Waals surface area contributed by atoms with E-state index in [1.54, 1.807) is 6.92 Å². The van der Waals surface area contributed by atoms with Crippen LogP contribution in [0.3, 0.4) is 0 Å². The molecule has 3 aromatic rings. The third-order valence-corrected chi connectivity index (χ3v) is 4.29. The molecule has 2 aromatic carbocycles. The number of carbonyl (C=O) groups is 1. The van der Waals surface area contributed by atoms with Gasteiger partial charge in [0.2, 0.25) is 5.91 Å². The van der Waals surface area contributed by atoms with E-state index in [0.29, 0.717) is 11.6 Å². The fraction of sp³-hybridized carbons (Fsp3) is 0.150. The summed E-state index contributed by atoms with van der Waals surface area (Å²) in [4.78, 5) is 36.8. The van der Waals surface area contributed by atoms with Gasteiger partial charge in [0.25, 0.3) is 0 Å². The molecular formula is C20H16F3N3O3. The molecule has 0 unspecified atom stereocenters. The summed E-state index contributed by atoms with van der Waals surface area (Å²) in [6.45, 7) is 0.980. The SMILES string of the molecule is Cc1ccc(F)cc1-n1ccn(CC(=O)NCc2ccc(F)cc2F)c(=O)c1=O. The molecule has 0 spiro atoms. The van der Waals surface area contributed by atoms with E-state index in [1.165, 1.54) is 30.6 Å². The maximum atomic E-state index is 13.6. The summed E-state index contributed by atoms with van der Waals surface area (Å²) in [7, 11) is 0. The standard InChI is InChI=1S/C20H16F3N3O3/c1-12-2-4-15(22)9-17(12)26-7-6-25(19(28)20(26)29)11-18(27)24-10-13-3-5-14(21)8-16(13)23/h2-9H,10-11H2,1H3,(H,24,27). The van der Waals surface area contributed by atoms with E-state index >= 15 is 0 Å². The lowest BCUT2D eigenvalue weighted by Crippen LogP contribution is -2.42. The molecule has 3 rings (SSSR count). The highest BCUT2D eigenvalue weighted by atomic mass is 19.1. The Kier molecular flexibility index (Phi) is 5.67. The average molecular weight is 403 g/mol. The fourth-order valence-electron chi connectivity index (χ4n) is 2.73. The van der Waals surface area contributed by atoms with Crippen molar-refractivity contribution in [2.24, 2.45) is 0 Å². The maximum absolute atomic E-state index is 13.6. The lowest BCUT2D eigenvalue weighted by Gasteiger charge is -2.11. The summed E-state index contributed by atoms with van der Waals surface area (Å²) in [5, 5.41) is 2.40. The van der Waals surface area contributed by atoms with Crippen LogP contribution in [0.15, 0.2) is 58.4 Å². The number of carbonyl (C=O) groups excluding carboxylic acids is 1. The summed E-state index contributed by atoms with van der Waals surface area (Å²) in [5.41, 5.74) is -1.04. The second kappa shape index (κ2) is 8.17. The van der Waals surface area contributed by atoms with Crippen LogP contribution >= 0.6 is 0 Å². The second-order valence-corrected chi connectivity index (χ2v) is 6.35. The van der Waals surface area contributed by atoms with Gasteiger partial charge >= 0.3 is 11.1 Å². The van der Waals surface area contributed by atoms with Crippen molar-refractivity contribution in [3.63, 3.8) is 0 Å². The number of nitrogens with zero attached hydrogens (tertiary/aromatic N) is 2. The molecule has 0 aliphatic rings. The number of benzene rings is 2. The lowest BCUT2D eigenvalue weighted by atomic mass is 10.2. The van der Waals surface area contributed by atoms with Crippen LogP contribution in [-0.2, 0) is 17.9 Å². The summed E-state index contributed by atoms with van der Waals surface area (Å²) >= 11 is 0. The number of aryl methyl sites for hydroxylation is 1. The van der Waals surface area contributed by atoms with Gasteiger partial charge in [0.05, 0.1) is 5.69 Å². The molecule has 1 amide bonds. The molecule has 0 bridgehead atoms. The first kappa shape index (κ1) is 20.1. The van der Waals surface area contributed by atoms with Gasteiger partial charge in [0, 0.05) is 30.6 Å². The Morgan fingerprint density at radius 2 is 1.66 bits per heavy atom. The van der Waals surface area contributed by atoms with E-state index in [9.17, 15) is 27.6 Å². The molecule has 0 radical (unpaired) electrons. The molecule has 9 heteroatoms. The Labute approximate surface area is 162 Å². The van der Waals surface area contributed by atoms with Gasteiger partial charge in [0.1, 0.15) is 24.0 Å². The summed E-state index contributed by atoms with van der Waals surface area (Å²) in [5.74, 6) is -2.75. The Bertz CT molecular complexity index is 1200. The van der Waals surface area contributed by atoms with Crippen molar-refractivity contribution in [2.75, 3.05) is 0 Å². The fourth-order valence-corrected chi connectivity index (χ4v) is 2.73. The van der Waals surface area contributed by atoms with Crippen molar-refractivity contribution in [3.05, 3.63) is 98.1 Å². The van der Waals surface area contributed by atoms with Gasteiger partial charge in [-0.3, -0.25) is 23.5 Å². The molecular weight excluding hydrogens is 387 g/mol. The maximum Gasteiger partial charge on any atom is 0.320 e. The molecule has 150 valence electrons. The van der Waals surface area contributed by atoms with Gasteiger partial charge in [-0.05, 0) is 30.7 Å². The molecule has 0 aliphatic carbocycles. The van der Waals surface area contributed by atoms with E-state index in [0.717, 1.165) is 21.3 Å². The third kappa shape index (κ3) is 4.45. The van der Waals surface area contributed by atoms with Crippen molar-refractivity contribution in [1.29, 1.82) is 0 Å². The average Bonchev–Trinajstić information content (AvgIpc) is 2.67. The molecule has 0 saturated carbocycles. The molecule has 0 atom stereocenters. The molecule has 29 heavy (non-hydrogen) atoms. The van der Waals surface area contributed by atoms with Gasteiger partial charge in [-0.25, -0.2) is 13.2 Å². The van der Waals surface area contributed by atoms with Crippen LogP contribution in [-0.4, -0.2) is 15.0 Å². The molecule has 0 aliphatic heterocycles. The zero-order valence-corrected chi connectivity index (χ0v) is 15.3. The van der Waals surface area contributed by atoms with E-state index in [4.69, 9.17) is 0 Å². The predicted octanol–water partition coefficient (Wildman–Crippen LogP) is 2.04. The minimum Gasteiger partial charge on any atom is -0.350 e. The van der Waals surface area contributed by atoms with Crippen LogP contribution in [0.4, 0.5) is 13.2 Å². The van der Waals surface area contributed by atoms with Gasteiger partial charge in [-0.1, -0.05) is 12.1 Å². The zero-order valence-electron chi connectivity index (χ0n) is 15.3. The van der Waals surface area contributed by atoms with Gasteiger partial charge in [0.15, 0.2) is 0 Å². The number of halogens is 3. The van der Waals surface area contributed by atoms with Crippen LogP contribution in [0.2, 0.25) is 0 Å². The molecule has 1 heterocycles. The zero-order chi connectivity index (χ0) is 21.1. The van der Waals surface area contributed by atoms with E-state index in [-0.39, 0.29) is 17.8 Å². The van der Waals surface area contributed by atoms with Crippen LogP contribution < -0.4 is 16.4 Å². The number of amides is 1. The van der Waals surface area contributed by atoms with Crippen LogP contribution in [0, 0.1) is 24.4 Å². The highest BCUT2D eigenvalue weighted by Crippen LogP contribution is 2.13. The summed E-state index contributed by atoms with van der Waals surface area (Å²) in [6.07, 6.45) is 2.49. The quantitative estimate of drug-likeness (QED) is 0.663. The van der Waals surface area contributed by atoms with E-state index in [2.05, 4.69) is 5.32 Å². The first-order valence-electron chi connectivity index (χ1n) is 8.55. The second-order valence-electron chi connectivity index (χ2n) is 6.35. The number of aromatic nitrogens is 2. The van der Waals surface area contributed by atoms with Crippen molar-refractivity contribution in [1.82, 2.24) is 14.5 Å². The first-order valence-corrected chi connectivity index (χ1v) is 8.55. The number of nitrogens with one attached hydrogen (secondary N) is 1. The Morgan fingerprint density at radius 3 is 2.38 bits per heavy atom. The largest absolute Gasteiger partial charge is 0.350 e. The molecule has 1 aromatic heterocycles. The van der Waals surface area contributed by atoms with Crippen molar-refractivity contribution in [2.45, 2.75) is 20.0 Å². The summed E-state index contributed by atoms with van der Waals surface area (Å²) in [6, 6.07) is 6.79. The van der Waals surface area contributed by atoms with Crippen molar-refractivity contribution in [3.8, 4) is 5.69 Å². The normalized spacial score (nSPS) is 10.8. The Balaban J connectivity index is 1.77. The van der Waals surface area contributed by atoms with E-state index in [1.807, 2.05) is 0 Å². The lowest BCUT2D eigenvalue weighted by molar-refractivity contribution is -0.121. The summed E-state index contributed by atoms with van der Waals surface area (Å²) < 4.78 is 41.9. The number of rotatable bonds is 5.